The fourth-order valence-electron chi connectivity index (χ4n) is 4.56. The van der Waals surface area contributed by atoms with Crippen LogP contribution >= 0.6 is 11.3 Å². The van der Waals surface area contributed by atoms with Crippen molar-refractivity contribution < 1.29 is 14.3 Å². The smallest absolute Gasteiger partial charge is 0.290 e. The molecule has 1 aromatic carbocycles. The maximum atomic E-state index is 13.5. The summed E-state index contributed by atoms with van der Waals surface area (Å²) in [6.07, 6.45) is 6.40. The highest BCUT2D eigenvalue weighted by molar-refractivity contribution is 7.16. The Morgan fingerprint density at radius 2 is 1.86 bits per heavy atom. The molecule has 0 atom stereocenters. The molecule has 3 N–H and O–H groups in total. The van der Waals surface area contributed by atoms with Crippen LogP contribution in [0.15, 0.2) is 55.0 Å². The molecule has 13 heteroatoms. The summed E-state index contributed by atoms with van der Waals surface area (Å²) in [4.78, 5) is 29.4. The molecule has 1 aliphatic rings. The van der Waals surface area contributed by atoms with Crippen LogP contribution in [0.1, 0.15) is 17.5 Å². The quantitative estimate of drug-likeness (QED) is 0.221. The van der Waals surface area contributed by atoms with Gasteiger partial charge in [0.05, 0.1) is 5.69 Å². The number of aromatic nitrogens is 5. The lowest BCUT2D eigenvalue weighted by molar-refractivity contribution is -0.122. The summed E-state index contributed by atoms with van der Waals surface area (Å²) in [7, 11) is 1.92. The summed E-state index contributed by atoms with van der Waals surface area (Å²) in [6, 6.07) is 12.3. The maximum Gasteiger partial charge on any atom is 0.290 e. The van der Waals surface area contributed by atoms with E-state index in [2.05, 4.69) is 33.6 Å². The first-order valence-corrected chi connectivity index (χ1v) is 14.0. The number of carbonyl (C=O) groups is 1. The highest BCUT2D eigenvalue weighted by atomic mass is 32.1. The minimum absolute atomic E-state index is 0.250. The Bertz CT molecular complexity index is 1730. The summed E-state index contributed by atoms with van der Waals surface area (Å²) < 4.78 is 15.5. The van der Waals surface area contributed by atoms with Crippen LogP contribution in [-0.4, -0.2) is 62.6 Å². The van der Waals surface area contributed by atoms with Gasteiger partial charge in [-0.05, 0) is 42.8 Å². The highest BCUT2D eigenvalue weighted by Crippen LogP contribution is 2.37. The van der Waals surface area contributed by atoms with Crippen LogP contribution in [0.4, 0.5) is 21.3 Å². The summed E-state index contributed by atoms with van der Waals surface area (Å²) in [6.45, 7) is 4.72. The molecule has 0 aliphatic carbocycles. The predicted octanol–water partition coefficient (Wildman–Crippen LogP) is 4.59. The van der Waals surface area contributed by atoms with E-state index in [0.717, 1.165) is 54.3 Å². The molecule has 0 unspecified atom stereocenters. The predicted molar refractivity (Wildman–Crippen MR) is 159 cm³/mol. The Kier molecular flexibility index (Phi) is 8.66. The van der Waals surface area contributed by atoms with E-state index >= 15 is 0 Å². The van der Waals surface area contributed by atoms with Crippen molar-refractivity contribution in [2.24, 2.45) is 5.92 Å². The van der Waals surface area contributed by atoms with Gasteiger partial charge in [-0.25, -0.2) is 24.3 Å². The molecule has 1 fully saturated rings. The van der Waals surface area contributed by atoms with Gasteiger partial charge in [-0.15, -0.1) is 0 Å². The number of fused-ring (bicyclic) bond motifs is 1. The number of halogens is 1. The second kappa shape index (κ2) is 12.7. The normalized spacial score (nSPS) is 12.6. The van der Waals surface area contributed by atoms with Crippen LogP contribution in [0.25, 0.3) is 28.0 Å². The van der Waals surface area contributed by atoms with Crippen molar-refractivity contribution in [3.8, 4) is 28.5 Å². The number of aryl methyl sites for hydroxylation is 1. The van der Waals surface area contributed by atoms with Crippen molar-refractivity contribution in [3.05, 3.63) is 71.4 Å². The van der Waals surface area contributed by atoms with Crippen molar-refractivity contribution in [3.63, 3.8) is 0 Å². The third-order valence-corrected chi connectivity index (χ3v) is 7.87. The van der Waals surface area contributed by atoms with Gasteiger partial charge < -0.3 is 20.6 Å². The van der Waals surface area contributed by atoms with E-state index in [4.69, 9.17) is 19.9 Å². The molecule has 11 nitrogen and oxygen atoms in total. The molecule has 5 aromatic rings. The van der Waals surface area contributed by atoms with Crippen molar-refractivity contribution in [1.82, 2.24) is 29.7 Å². The number of thiazole rings is 1. The SMILES string of the molecule is CCc1nc2ccc(-c3cnc(NCC4CNC4)nc3)cn2c1N(C)c1nc(-c2ccc(F)cc2)c(C#N)s1.O=CO. The lowest BCUT2D eigenvalue weighted by Crippen LogP contribution is -2.45. The zero-order valence-electron chi connectivity index (χ0n) is 23.0. The molecule has 6 rings (SSSR count). The van der Waals surface area contributed by atoms with Gasteiger partial charge in [0.1, 0.15) is 33.9 Å². The molecule has 214 valence electrons. The van der Waals surface area contributed by atoms with Crippen molar-refractivity contribution in [2.45, 2.75) is 13.3 Å². The molecular weight excluding hydrogens is 557 g/mol. The van der Waals surface area contributed by atoms with Crippen molar-refractivity contribution in [2.75, 3.05) is 36.9 Å². The molecule has 4 aromatic heterocycles. The van der Waals surface area contributed by atoms with Gasteiger partial charge >= 0.3 is 0 Å². The first-order valence-electron chi connectivity index (χ1n) is 13.2. The van der Waals surface area contributed by atoms with Gasteiger partial charge in [0.2, 0.25) is 5.95 Å². The van der Waals surface area contributed by atoms with Crippen LogP contribution in [-0.2, 0) is 11.2 Å². The molecule has 0 saturated carbocycles. The third-order valence-electron chi connectivity index (χ3n) is 6.84. The Balaban J connectivity index is 0.00000113. The Labute approximate surface area is 245 Å². The molecule has 0 bridgehead atoms. The molecule has 0 radical (unpaired) electrons. The number of pyridine rings is 1. The molecule has 5 heterocycles. The zero-order valence-corrected chi connectivity index (χ0v) is 23.8. The molecular formula is C29H28FN9O2S. The number of anilines is 3. The van der Waals surface area contributed by atoms with E-state index in [1.807, 2.05) is 47.1 Å². The molecule has 42 heavy (non-hydrogen) atoms. The molecule has 1 saturated heterocycles. The lowest BCUT2D eigenvalue weighted by Gasteiger charge is -2.26. The maximum absolute atomic E-state index is 13.5. The first kappa shape index (κ1) is 28.6. The minimum Gasteiger partial charge on any atom is -0.483 e. The average Bonchev–Trinajstić information content (AvgIpc) is 3.58. The van der Waals surface area contributed by atoms with E-state index < -0.39 is 0 Å². The van der Waals surface area contributed by atoms with E-state index in [0.29, 0.717) is 33.1 Å². The number of imidazole rings is 1. The number of benzene rings is 1. The Morgan fingerprint density at radius 3 is 2.48 bits per heavy atom. The molecule has 0 spiro atoms. The fraction of sp³-hybridized carbons (Fsp3) is 0.241. The lowest BCUT2D eigenvalue weighted by atomic mass is 10.0. The molecule has 0 amide bonds. The third kappa shape index (κ3) is 5.90. The number of hydrogen-bond donors (Lipinski definition) is 3. The fourth-order valence-corrected chi connectivity index (χ4v) is 5.41. The van der Waals surface area contributed by atoms with E-state index in [1.165, 1.54) is 23.5 Å². The van der Waals surface area contributed by atoms with Crippen LogP contribution < -0.4 is 15.5 Å². The molecule has 1 aliphatic heterocycles. The van der Waals surface area contributed by atoms with Crippen LogP contribution in [0.2, 0.25) is 0 Å². The van der Waals surface area contributed by atoms with Crippen LogP contribution in [0.3, 0.4) is 0 Å². The second-order valence-corrected chi connectivity index (χ2v) is 10.5. The largest absolute Gasteiger partial charge is 0.483 e. The highest BCUT2D eigenvalue weighted by Gasteiger charge is 2.22. The number of rotatable bonds is 8. The summed E-state index contributed by atoms with van der Waals surface area (Å²) >= 11 is 1.30. The standard InChI is InChI=1S/C28H26FN9S.CH2O2/c1-3-22-26(37(2)28-36-25(23(10-30)39-28)18-4-7-21(29)8-5-18)38-16-19(6-9-24(38)35-22)20-14-33-27(34-15-20)32-13-17-11-31-12-17;2-1-3/h4-9,14-17,31H,3,11-13H2,1-2H3,(H,32,33,34);1H,(H,2,3). The summed E-state index contributed by atoms with van der Waals surface area (Å²) in [5, 5.41) is 23.9. The minimum atomic E-state index is -0.332. The zero-order chi connectivity index (χ0) is 29.6. The monoisotopic (exact) mass is 585 g/mol. The number of nitrogens with zero attached hydrogens (tertiary/aromatic N) is 7. The number of nitriles is 1. The van der Waals surface area contributed by atoms with Crippen LogP contribution in [0.5, 0.6) is 0 Å². The van der Waals surface area contributed by atoms with Gasteiger partial charge in [0.25, 0.3) is 6.47 Å². The van der Waals surface area contributed by atoms with Gasteiger partial charge in [0.15, 0.2) is 5.13 Å². The van der Waals surface area contributed by atoms with Gasteiger partial charge in [-0.1, -0.05) is 18.3 Å². The van der Waals surface area contributed by atoms with Gasteiger partial charge in [0, 0.05) is 67.9 Å². The topological polar surface area (TPSA) is 144 Å². The number of nitrogens with one attached hydrogen (secondary N) is 2. The van der Waals surface area contributed by atoms with E-state index in [1.54, 1.807) is 12.1 Å². The van der Waals surface area contributed by atoms with Crippen molar-refractivity contribution >= 4 is 40.4 Å². The Hall–Kier alpha value is -4.93. The number of hydrogen-bond acceptors (Lipinski definition) is 10. The van der Waals surface area contributed by atoms with Crippen LogP contribution in [0, 0.1) is 23.1 Å². The number of carboxylic acid groups (broad SMARTS) is 1. The van der Waals surface area contributed by atoms with E-state index in [9.17, 15) is 9.65 Å². The second-order valence-electron chi connectivity index (χ2n) is 9.54. The summed E-state index contributed by atoms with van der Waals surface area (Å²) in [5.74, 6) is 1.78. The Morgan fingerprint density at radius 1 is 1.17 bits per heavy atom. The summed E-state index contributed by atoms with van der Waals surface area (Å²) in [5.41, 5.74) is 4.80. The van der Waals surface area contributed by atoms with Gasteiger partial charge in [-0.3, -0.25) is 9.20 Å². The average molecular weight is 586 g/mol. The van der Waals surface area contributed by atoms with Gasteiger partial charge in [-0.2, -0.15) is 5.26 Å². The van der Waals surface area contributed by atoms with Crippen molar-refractivity contribution in [1.29, 1.82) is 5.26 Å². The van der Waals surface area contributed by atoms with E-state index in [-0.39, 0.29) is 12.3 Å². The first-order chi connectivity index (χ1) is 20.4.